The summed E-state index contributed by atoms with van der Waals surface area (Å²) in [7, 11) is -3.26. The van der Waals surface area contributed by atoms with Gasteiger partial charge in [0, 0.05) is 48.4 Å². The summed E-state index contributed by atoms with van der Waals surface area (Å²) < 4.78 is 31.0. The number of nitrogens with one attached hydrogen (secondary N) is 2. The zero-order chi connectivity index (χ0) is 42.1. The molecule has 0 aliphatic carbocycles. The Morgan fingerprint density at radius 1 is 0.879 bits per heavy atom. The largest absolute Gasteiger partial charge is 0.466 e. The third-order valence-corrected chi connectivity index (χ3v) is 10.8. The van der Waals surface area contributed by atoms with Gasteiger partial charge in [-0.3, -0.25) is 9.59 Å². The molecule has 0 atom stereocenters. The lowest BCUT2D eigenvalue weighted by atomic mass is 9.87. The minimum Gasteiger partial charge on any atom is -0.466 e. The number of carbonyl (C=O) groups excluding carboxylic acids is 2. The van der Waals surface area contributed by atoms with Gasteiger partial charge < -0.3 is 15.0 Å². The van der Waals surface area contributed by atoms with Crippen LogP contribution in [0.25, 0.3) is 11.4 Å². The quantitative estimate of drug-likeness (QED) is 0.0633. The molecule has 3 aromatic rings. The van der Waals surface area contributed by atoms with Crippen molar-refractivity contribution in [1.29, 1.82) is 0 Å². The van der Waals surface area contributed by atoms with E-state index in [-0.39, 0.29) is 30.1 Å². The Kier molecular flexibility index (Phi) is 18.1. The molecule has 1 aliphatic rings. The molecule has 2 aromatic carbocycles. The molecule has 58 heavy (non-hydrogen) atoms. The number of ether oxygens (including phenoxy) is 1. The number of amides is 1. The lowest BCUT2D eigenvalue weighted by molar-refractivity contribution is -0.144. The number of unbranched alkanes of at least 4 members (excludes halogenated alkanes) is 11. The van der Waals surface area contributed by atoms with Gasteiger partial charge in [-0.25, -0.2) is 23.1 Å². The second kappa shape index (κ2) is 22.6. The van der Waals surface area contributed by atoms with Crippen molar-refractivity contribution in [2.75, 3.05) is 42.7 Å². The van der Waals surface area contributed by atoms with Gasteiger partial charge in [0.1, 0.15) is 5.71 Å². The summed E-state index contributed by atoms with van der Waals surface area (Å²) in [6, 6.07) is 13.2. The van der Waals surface area contributed by atoms with E-state index in [9.17, 15) is 18.0 Å². The summed E-state index contributed by atoms with van der Waals surface area (Å²) in [5.41, 5.74) is 5.13. The van der Waals surface area contributed by atoms with Crippen molar-refractivity contribution >= 4 is 50.4 Å². The van der Waals surface area contributed by atoms with Crippen molar-refractivity contribution in [1.82, 2.24) is 19.6 Å². The van der Waals surface area contributed by atoms with Gasteiger partial charge >= 0.3 is 5.97 Å². The molecule has 14 heteroatoms. The van der Waals surface area contributed by atoms with Gasteiger partial charge in [0.05, 0.1) is 30.7 Å². The van der Waals surface area contributed by atoms with Crippen LogP contribution in [-0.2, 0) is 24.3 Å². The van der Waals surface area contributed by atoms with Crippen molar-refractivity contribution in [3.63, 3.8) is 0 Å². The number of hydrogen-bond acceptors (Lipinski definition) is 10. The summed E-state index contributed by atoms with van der Waals surface area (Å²) >= 11 is 0. The molecule has 0 saturated heterocycles. The molecule has 2 heterocycles. The number of sulfonamides is 1. The van der Waals surface area contributed by atoms with E-state index in [1.165, 1.54) is 69.0 Å². The highest BCUT2D eigenvalue weighted by molar-refractivity contribution is 7.88. The normalized spacial score (nSPS) is 13.4. The molecule has 0 radical (unpaired) electrons. The van der Waals surface area contributed by atoms with Crippen LogP contribution in [0.15, 0.2) is 52.6 Å². The van der Waals surface area contributed by atoms with E-state index < -0.39 is 10.0 Å². The second-order valence-electron chi connectivity index (χ2n) is 16.3. The van der Waals surface area contributed by atoms with E-state index in [0.29, 0.717) is 42.7 Å². The van der Waals surface area contributed by atoms with Crippen LogP contribution in [0, 0.1) is 12.3 Å². The first-order valence-corrected chi connectivity index (χ1v) is 23.1. The van der Waals surface area contributed by atoms with E-state index in [4.69, 9.17) is 19.8 Å². The van der Waals surface area contributed by atoms with Gasteiger partial charge in [-0.2, -0.15) is 5.10 Å². The number of nitrogens with zero attached hydrogens (tertiary/aromatic N) is 6. The molecule has 4 rings (SSSR count). The van der Waals surface area contributed by atoms with Crippen molar-refractivity contribution < 1.29 is 22.7 Å². The van der Waals surface area contributed by atoms with Crippen molar-refractivity contribution in [2.45, 2.75) is 131 Å². The monoisotopic (exact) mass is 818 g/mol. The van der Waals surface area contributed by atoms with Crippen LogP contribution < -0.4 is 14.9 Å². The molecule has 0 spiro atoms. The Morgan fingerprint density at radius 2 is 1.52 bits per heavy atom. The molecule has 1 amide bonds. The van der Waals surface area contributed by atoms with Gasteiger partial charge in [-0.15, -0.1) is 9.89 Å². The zero-order valence-corrected chi connectivity index (χ0v) is 36.7. The summed E-state index contributed by atoms with van der Waals surface area (Å²) in [6.45, 7) is 14.5. The first-order valence-electron chi connectivity index (χ1n) is 21.2. The molecule has 0 saturated carbocycles. The van der Waals surface area contributed by atoms with Crippen molar-refractivity contribution in [3.05, 3.63) is 53.9 Å². The van der Waals surface area contributed by atoms with E-state index >= 15 is 0 Å². The molecule has 1 aromatic heterocycles. The number of fused-ring (bicyclic) bond motifs is 1. The first-order chi connectivity index (χ1) is 27.7. The van der Waals surface area contributed by atoms with Crippen LogP contribution in [0.4, 0.5) is 17.1 Å². The first kappa shape index (κ1) is 46.3. The molecule has 318 valence electrons. The van der Waals surface area contributed by atoms with E-state index in [1.54, 1.807) is 12.1 Å². The number of carbonyl (C=O) groups is 2. The highest BCUT2D eigenvalue weighted by atomic mass is 32.2. The average Bonchev–Trinajstić information content (AvgIpc) is 3.74. The van der Waals surface area contributed by atoms with E-state index in [2.05, 4.69) is 53.8 Å². The minimum absolute atomic E-state index is 0.0408. The van der Waals surface area contributed by atoms with E-state index in [1.807, 2.05) is 38.1 Å². The highest BCUT2D eigenvalue weighted by Crippen LogP contribution is 2.31. The van der Waals surface area contributed by atoms with Crippen molar-refractivity contribution in [3.8, 4) is 11.4 Å². The Morgan fingerprint density at radius 3 is 2.10 bits per heavy atom. The lowest BCUT2D eigenvalue weighted by Gasteiger charge is -2.24. The maximum Gasteiger partial charge on any atom is 0.306 e. The molecular weight excluding hydrogens is 753 g/mol. The van der Waals surface area contributed by atoms with Gasteiger partial charge in [-0.05, 0) is 68.3 Å². The predicted molar refractivity (Wildman–Crippen MR) is 236 cm³/mol. The topological polar surface area (TPSA) is 160 Å². The fraction of sp³-hybridized carbons (Fsp3) is 0.591. The molecule has 2 N–H and O–H groups in total. The molecule has 1 aliphatic heterocycles. The fourth-order valence-electron chi connectivity index (χ4n) is 6.76. The SMILES string of the molecule is CCCCCCCCCCCCCCOC(=O)CCC(=O)Nc1ccc(-c2nc3n(n2)N=C(C(C)(C)C)/C3=N/c2ccc(N(CC)CCNS(C)(=O)=O)cc2C)cc1. The Hall–Kier alpha value is -4.43. The fourth-order valence-corrected chi connectivity index (χ4v) is 7.22. The highest BCUT2D eigenvalue weighted by Gasteiger charge is 2.35. The smallest absolute Gasteiger partial charge is 0.306 e. The van der Waals surface area contributed by atoms with Crippen LogP contribution >= 0.6 is 0 Å². The number of aromatic nitrogens is 3. The van der Waals surface area contributed by atoms with Crippen LogP contribution in [-0.4, -0.2) is 79.1 Å². The lowest BCUT2D eigenvalue weighted by Crippen LogP contribution is -2.34. The molecular formula is C44H66N8O5S. The van der Waals surface area contributed by atoms with Gasteiger partial charge in [-0.1, -0.05) is 98.3 Å². The van der Waals surface area contributed by atoms with Crippen LogP contribution in [0.5, 0.6) is 0 Å². The number of aliphatic imine (C=N–C) groups is 1. The Labute approximate surface area is 346 Å². The third kappa shape index (κ3) is 15.1. The number of esters is 1. The van der Waals surface area contributed by atoms with Gasteiger partial charge in [0.15, 0.2) is 5.82 Å². The zero-order valence-electron chi connectivity index (χ0n) is 35.9. The summed E-state index contributed by atoms with van der Waals surface area (Å²) in [5.74, 6) is 0.406. The Bertz CT molecular complexity index is 1970. The molecule has 0 unspecified atom stereocenters. The summed E-state index contributed by atoms with van der Waals surface area (Å²) in [6.07, 6.45) is 16.3. The molecule has 0 fully saturated rings. The second-order valence-corrected chi connectivity index (χ2v) is 18.1. The van der Waals surface area contributed by atoms with Crippen LogP contribution in [0.2, 0.25) is 0 Å². The number of aryl methyl sites for hydroxylation is 1. The van der Waals surface area contributed by atoms with Crippen molar-refractivity contribution in [2.24, 2.45) is 15.5 Å². The van der Waals surface area contributed by atoms with Gasteiger partial charge in [0.25, 0.3) is 0 Å². The summed E-state index contributed by atoms with van der Waals surface area (Å²) in [5, 5.41) is 12.3. The third-order valence-electron chi connectivity index (χ3n) is 10.1. The average molecular weight is 819 g/mol. The maximum absolute atomic E-state index is 12.6. The minimum atomic E-state index is -3.26. The number of likely N-dealkylation sites (N-methyl/N-ethyl adjacent to an activating group) is 1. The number of rotatable bonds is 25. The maximum atomic E-state index is 12.6. The number of anilines is 2. The Balaban J connectivity index is 1.27. The van der Waals surface area contributed by atoms with E-state index in [0.717, 1.165) is 53.9 Å². The number of hydrogen-bond donors (Lipinski definition) is 2. The number of benzene rings is 2. The molecule has 0 bridgehead atoms. The van der Waals surface area contributed by atoms with Crippen LogP contribution in [0.1, 0.15) is 136 Å². The molecule has 13 nitrogen and oxygen atoms in total. The summed E-state index contributed by atoms with van der Waals surface area (Å²) in [4.78, 5) is 38.4. The standard InChI is InChI=1S/C44H66N8O5S/c1-8-10-11-12-13-14-15-16-17-18-19-20-31-57-39(54)28-27-38(53)46-35-23-21-34(22-24-35)42-48-43-40(41(44(4,5)6)49-52(43)50-42)47-37-26-25-36(32-33(37)3)51(9-2)30-29-45-58(7,55)56/h21-26,32,45H,8-20,27-31H2,1-7H3,(H,46,53)/b47-40-. The predicted octanol–water partition coefficient (Wildman–Crippen LogP) is 8.98. The van der Waals surface area contributed by atoms with Gasteiger partial charge in [0.2, 0.25) is 21.8 Å². The van der Waals surface area contributed by atoms with Crippen LogP contribution in [0.3, 0.4) is 0 Å².